The molecule has 0 N–H and O–H groups in total. The molecular weight excluding hydrogens is 291 g/mol. The monoisotopic (exact) mass is 308 g/mol. The summed E-state index contributed by atoms with van der Waals surface area (Å²) in [6, 6.07) is 0. The van der Waals surface area contributed by atoms with Gasteiger partial charge < -0.3 is 4.74 Å². The molecule has 0 aliphatic carbocycles. The van der Waals surface area contributed by atoms with E-state index in [0.29, 0.717) is 6.61 Å². The molecule has 0 aliphatic rings. The molecule has 1 aromatic rings. The van der Waals surface area contributed by atoms with Crippen molar-refractivity contribution in [2.24, 2.45) is 7.05 Å². The largest absolute Gasteiger partial charge is 0.383 e. The summed E-state index contributed by atoms with van der Waals surface area (Å²) in [5, 5.41) is 4.51. The summed E-state index contributed by atoms with van der Waals surface area (Å²) in [7, 11) is 3.64. The van der Waals surface area contributed by atoms with Crippen LogP contribution in [0.2, 0.25) is 0 Å². The molecule has 1 atom stereocenters. The second kappa shape index (κ2) is 6.62. The van der Waals surface area contributed by atoms with Crippen LogP contribution >= 0.6 is 27.5 Å². The number of hydrogen-bond acceptors (Lipinski definition) is 2. The van der Waals surface area contributed by atoms with Gasteiger partial charge in [0.15, 0.2) is 0 Å². The van der Waals surface area contributed by atoms with E-state index in [1.807, 2.05) is 11.7 Å². The van der Waals surface area contributed by atoms with Crippen molar-refractivity contribution in [3.05, 3.63) is 15.9 Å². The van der Waals surface area contributed by atoms with Crippen molar-refractivity contribution in [2.75, 3.05) is 13.7 Å². The van der Waals surface area contributed by atoms with Crippen molar-refractivity contribution in [3.63, 3.8) is 0 Å². The third-order valence-corrected chi connectivity index (χ3v) is 3.80. The Labute approximate surface area is 110 Å². The molecule has 0 aromatic carbocycles. The fraction of sp³-hybridized carbons (Fsp3) is 0.727. The van der Waals surface area contributed by atoms with E-state index in [2.05, 4.69) is 28.0 Å². The SMILES string of the molecule is CCc1nn(C)c(CCC(Cl)COC)c1Br. The van der Waals surface area contributed by atoms with Crippen LogP contribution in [0.1, 0.15) is 24.7 Å². The van der Waals surface area contributed by atoms with E-state index < -0.39 is 0 Å². The normalized spacial score (nSPS) is 13.1. The number of methoxy groups -OCH3 is 1. The van der Waals surface area contributed by atoms with Crippen molar-refractivity contribution in [1.29, 1.82) is 0 Å². The smallest absolute Gasteiger partial charge is 0.0766 e. The van der Waals surface area contributed by atoms with E-state index in [1.54, 1.807) is 7.11 Å². The minimum atomic E-state index is 0.0666. The minimum absolute atomic E-state index is 0.0666. The first kappa shape index (κ1) is 14.0. The van der Waals surface area contributed by atoms with Crippen LogP contribution in [0.3, 0.4) is 0 Å². The minimum Gasteiger partial charge on any atom is -0.383 e. The van der Waals surface area contributed by atoms with Crippen molar-refractivity contribution in [2.45, 2.75) is 31.6 Å². The van der Waals surface area contributed by atoms with Gasteiger partial charge in [0.25, 0.3) is 0 Å². The molecule has 1 rings (SSSR count). The van der Waals surface area contributed by atoms with Gasteiger partial charge >= 0.3 is 0 Å². The van der Waals surface area contributed by atoms with Gasteiger partial charge in [-0.1, -0.05) is 6.92 Å². The number of alkyl halides is 1. The second-order valence-corrected chi connectivity index (χ2v) is 5.19. The number of rotatable bonds is 6. The molecule has 0 aliphatic heterocycles. The molecule has 1 unspecified atom stereocenters. The Kier molecular flexibility index (Phi) is 5.79. The summed E-state index contributed by atoms with van der Waals surface area (Å²) in [6.45, 7) is 2.70. The molecule has 1 aromatic heterocycles. The first-order chi connectivity index (χ1) is 7.60. The lowest BCUT2D eigenvalue weighted by molar-refractivity contribution is 0.195. The van der Waals surface area contributed by atoms with E-state index in [0.717, 1.165) is 29.4 Å². The molecule has 1 heterocycles. The third-order valence-electron chi connectivity index (χ3n) is 2.54. The Morgan fingerprint density at radius 3 is 2.75 bits per heavy atom. The fourth-order valence-electron chi connectivity index (χ4n) is 1.65. The number of halogens is 2. The highest BCUT2D eigenvalue weighted by molar-refractivity contribution is 9.10. The third kappa shape index (κ3) is 3.47. The molecule has 0 saturated heterocycles. The van der Waals surface area contributed by atoms with Crippen LogP contribution in [-0.4, -0.2) is 28.9 Å². The van der Waals surface area contributed by atoms with Crippen LogP contribution in [-0.2, 0) is 24.6 Å². The van der Waals surface area contributed by atoms with Gasteiger partial charge in [0.1, 0.15) is 0 Å². The fourth-order valence-corrected chi connectivity index (χ4v) is 2.70. The van der Waals surface area contributed by atoms with Gasteiger partial charge in [-0.05, 0) is 35.2 Å². The molecule has 0 fully saturated rings. The highest BCUT2D eigenvalue weighted by Gasteiger charge is 2.14. The van der Waals surface area contributed by atoms with Gasteiger partial charge in [-0.15, -0.1) is 11.6 Å². The molecule has 16 heavy (non-hydrogen) atoms. The summed E-state index contributed by atoms with van der Waals surface area (Å²) in [4.78, 5) is 0. The lowest BCUT2D eigenvalue weighted by Gasteiger charge is -2.08. The number of ether oxygens (including phenoxy) is 1. The molecule has 0 spiro atoms. The van der Waals surface area contributed by atoms with E-state index in [1.165, 1.54) is 5.69 Å². The summed E-state index contributed by atoms with van der Waals surface area (Å²) in [6.07, 6.45) is 2.76. The Morgan fingerprint density at radius 1 is 1.56 bits per heavy atom. The van der Waals surface area contributed by atoms with E-state index in [4.69, 9.17) is 16.3 Å². The van der Waals surface area contributed by atoms with E-state index >= 15 is 0 Å². The maximum absolute atomic E-state index is 6.11. The summed E-state index contributed by atoms with van der Waals surface area (Å²) >= 11 is 9.70. The van der Waals surface area contributed by atoms with Crippen molar-refractivity contribution >= 4 is 27.5 Å². The molecule has 0 saturated carbocycles. The number of nitrogens with zero attached hydrogens (tertiary/aromatic N) is 2. The van der Waals surface area contributed by atoms with Gasteiger partial charge in [0.2, 0.25) is 0 Å². The molecule has 5 heteroatoms. The zero-order valence-electron chi connectivity index (χ0n) is 9.96. The van der Waals surface area contributed by atoms with Gasteiger partial charge in [0.05, 0.1) is 27.8 Å². The topological polar surface area (TPSA) is 27.1 Å². The zero-order chi connectivity index (χ0) is 12.1. The lowest BCUT2D eigenvalue weighted by atomic mass is 10.2. The average molecular weight is 310 g/mol. The Morgan fingerprint density at radius 2 is 2.25 bits per heavy atom. The Hall–Kier alpha value is -0.0600. The van der Waals surface area contributed by atoms with Gasteiger partial charge in [-0.3, -0.25) is 4.68 Å². The first-order valence-corrected chi connectivity index (χ1v) is 6.66. The van der Waals surface area contributed by atoms with Crippen LogP contribution in [0, 0.1) is 0 Å². The molecule has 0 amide bonds. The number of aromatic nitrogens is 2. The molecule has 0 radical (unpaired) electrons. The Balaban J connectivity index is 2.63. The van der Waals surface area contributed by atoms with Crippen LogP contribution in [0.4, 0.5) is 0 Å². The average Bonchev–Trinajstić information content (AvgIpc) is 2.52. The quantitative estimate of drug-likeness (QED) is 0.756. The van der Waals surface area contributed by atoms with Gasteiger partial charge in [-0.2, -0.15) is 5.10 Å². The summed E-state index contributed by atoms with van der Waals surface area (Å²) < 4.78 is 8.07. The van der Waals surface area contributed by atoms with E-state index in [-0.39, 0.29) is 5.38 Å². The number of hydrogen-bond donors (Lipinski definition) is 0. The second-order valence-electron chi connectivity index (χ2n) is 3.78. The Bertz CT molecular complexity index is 341. The van der Waals surface area contributed by atoms with Crippen LogP contribution in [0.15, 0.2) is 4.47 Å². The maximum atomic E-state index is 6.11. The first-order valence-electron chi connectivity index (χ1n) is 5.43. The van der Waals surface area contributed by atoms with Crippen LogP contribution < -0.4 is 0 Å². The molecular formula is C11H18BrClN2O. The van der Waals surface area contributed by atoms with Gasteiger partial charge in [0, 0.05) is 14.2 Å². The predicted molar refractivity (Wildman–Crippen MR) is 70.1 cm³/mol. The molecule has 0 bridgehead atoms. The van der Waals surface area contributed by atoms with E-state index in [9.17, 15) is 0 Å². The highest BCUT2D eigenvalue weighted by atomic mass is 79.9. The zero-order valence-corrected chi connectivity index (χ0v) is 12.3. The lowest BCUT2D eigenvalue weighted by Crippen LogP contribution is -2.10. The molecule has 3 nitrogen and oxygen atoms in total. The number of aryl methyl sites for hydroxylation is 2. The maximum Gasteiger partial charge on any atom is 0.0766 e. The standard InChI is InChI=1S/C11H18BrClN2O/c1-4-9-11(12)10(15(2)14-9)6-5-8(13)7-16-3/h8H,4-7H2,1-3H3. The summed E-state index contributed by atoms with van der Waals surface area (Å²) in [5.41, 5.74) is 2.31. The van der Waals surface area contributed by atoms with Crippen LogP contribution in [0.5, 0.6) is 0 Å². The van der Waals surface area contributed by atoms with Crippen LogP contribution in [0.25, 0.3) is 0 Å². The molecule has 92 valence electrons. The predicted octanol–water partition coefficient (Wildman–Crippen LogP) is 2.93. The highest BCUT2D eigenvalue weighted by Crippen LogP contribution is 2.23. The van der Waals surface area contributed by atoms with Crippen molar-refractivity contribution in [3.8, 4) is 0 Å². The van der Waals surface area contributed by atoms with Crippen molar-refractivity contribution < 1.29 is 4.74 Å². The van der Waals surface area contributed by atoms with Crippen molar-refractivity contribution in [1.82, 2.24) is 9.78 Å². The van der Waals surface area contributed by atoms with Gasteiger partial charge in [-0.25, -0.2) is 0 Å². The summed E-state index contributed by atoms with van der Waals surface area (Å²) in [5.74, 6) is 0.